The van der Waals surface area contributed by atoms with Gasteiger partial charge in [0.15, 0.2) is 0 Å². The van der Waals surface area contributed by atoms with Crippen molar-refractivity contribution in [2.24, 2.45) is 5.73 Å². The quantitative estimate of drug-likeness (QED) is 0.902. The molecule has 2 rings (SSSR count). The molecule has 0 aliphatic heterocycles. The van der Waals surface area contributed by atoms with Crippen molar-refractivity contribution < 1.29 is 4.79 Å². The molecule has 18 heavy (non-hydrogen) atoms. The van der Waals surface area contributed by atoms with Gasteiger partial charge in [0.25, 0.3) is 0 Å². The van der Waals surface area contributed by atoms with Gasteiger partial charge in [-0.25, -0.2) is 0 Å². The molecule has 1 aliphatic carbocycles. The van der Waals surface area contributed by atoms with Crippen LogP contribution in [0.1, 0.15) is 25.3 Å². The van der Waals surface area contributed by atoms with Crippen LogP contribution in [0.2, 0.25) is 10.0 Å². The summed E-state index contributed by atoms with van der Waals surface area (Å²) in [6.07, 6.45) is 1.68. The number of nitrogens with one attached hydrogen (secondary N) is 1. The van der Waals surface area contributed by atoms with Crippen LogP contribution in [0.4, 0.5) is 0 Å². The molecule has 0 unspecified atom stereocenters. The number of hydrogen-bond donors (Lipinski definition) is 2. The molecule has 100 valence electrons. The van der Waals surface area contributed by atoms with Gasteiger partial charge in [0.1, 0.15) is 0 Å². The van der Waals surface area contributed by atoms with Crippen molar-refractivity contribution in [2.75, 3.05) is 0 Å². The molecule has 0 saturated heterocycles. The average molecular weight is 310 g/mol. The monoisotopic (exact) mass is 308 g/mol. The Morgan fingerprint density at radius 2 is 1.89 bits per heavy atom. The summed E-state index contributed by atoms with van der Waals surface area (Å²) in [7, 11) is 0. The highest BCUT2D eigenvalue weighted by Gasteiger charge is 2.48. The summed E-state index contributed by atoms with van der Waals surface area (Å²) in [6.45, 7) is 1.65. The van der Waals surface area contributed by atoms with E-state index in [2.05, 4.69) is 5.32 Å². The second-order valence-electron chi connectivity index (χ2n) is 4.46. The molecule has 0 radical (unpaired) electrons. The van der Waals surface area contributed by atoms with Crippen LogP contribution in [0, 0.1) is 0 Å². The lowest BCUT2D eigenvalue weighted by Gasteiger charge is -2.21. The molecule has 1 amide bonds. The van der Waals surface area contributed by atoms with E-state index in [0.29, 0.717) is 10.0 Å². The summed E-state index contributed by atoms with van der Waals surface area (Å²) in [5.74, 6) is -0.182. The molecule has 1 atom stereocenters. The van der Waals surface area contributed by atoms with Gasteiger partial charge in [0.2, 0.25) is 5.91 Å². The summed E-state index contributed by atoms with van der Waals surface area (Å²) in [5, 5.41) is 4.10. The maximum absolute atomic E-state index is 11.7. The fraction of sp³-hybridized carbons (Fsp3) is 0.417. The van der Waals surface area contributed by atoms with Gasteiger partial charge < -0.3 is 11.1 Å². The zero-order valence-electron chi connectivity index (χ0n) is 9.87. The van der Waals surface area contributed by atoms with Crippen LogP contribution >= 0.6 is 35.6 Å². The SMILES string of the molecule is C[C@@H](N)C(=O)NC1(c2c(Cl)cccc2Cl)CC1.Cl. The molecule has 0 spiro atoms. The lowest BCUT2D eigenvalue weighted by molar-refractivity contribution is -0.123. The Labute approximate surface area is 122 Å². The highest BCUT2D eigenvalue weighted by atomic mass is 35.5. The van der Waals surface area contributed by atoms with E-state index in [-0.39, 0.29) is 18.3 Å². The van der Waals surface area contributed by atoms with Crippen LogP contribution in [0.5, 0.6) is 0 Å². The number of hydrogen-bond acceptors (Lipinski definition) is 2. The van der Waals surface area contributed by atoms with Crippen molar-refractivity contribution in [2.45, 2.75) is 31.3 Å². The Bertz CT molecular complexity index is 438. The molecule has 3 nitrogen and oxygen atoms in total. The third-order valence-corrected chi connectivity index (χ3v) is 3.60. The molecule has 3 N–H and O–H groups in total. The topological polar surface area (TPSA) is 55.1 Å². The lowest BCUT2D eigenvalue weighted by atomic mass is 10.0. The predicted octanol–water partition coefficient (Wildman–Crippen LogP) is 2.87. The van der Waals surface area contributed by atoms with Gasteiger partial charge in [-0.1, -0.05) is 29.3 Å². The minimum absolute atomic E-state index is 0. The molecule has 0 aromatic heterocycles. The number of halogens is 3. The van der Waals surface area contributed by atoms with Gasteiger partial charge in [-0.05, 0) is 31.9 Å². The van der Waals surface area contributed by atoms with Crippen LogP contribution in [-0.2, 0) is 10.3 Å². The van der Waals surface area contributed by atoms with Gasteiger partial charge in [-0.2, -0.15) is 0 Å². The zero-order valence-corrected chi connectivity index (χ0v) is 12.2. The fourth-order valence-corrected chi connectivity index (χ4v) is 2.63. The maximum Gasteiger partial charge on any atom is 0.237 e. The van der Waals surface area contributed by atoms with Crippen molar-refractivity contribution in [1.82, 2.24) is 5.32 Å². The molecule has 0 bridgehead atoms. The second-order valence-corrected chi connectivity index (χ2v) is 5.27. The minimum Gasteiger partial charge on any atom is -0.345 e. The summed E-state index contributed by atoms with van der Waals surface area (Å²) in [5.41, 5.74) is 5.93. The van der Waals surface area contributed by atoms with Gasteiger partial charge in [-0.15, -0.1) is 12.4 Å². The van der Waals surface area contributed by atoms with E-state index >= 15 is 0 Å². The van der Waals surface area contributed by atoms with Crippen LogP contribution in [0.15, 0.2) is 18.2 Å². The van der Waals surface area contributed by atoms with E-state index in [1.807, 2.05) is 0 Å². The van der Waals surface area contributed by atoms with Crippen molar-refractivity contribution in [3.05, 3.63) is 33.8 Å². The second kappa shape index (κ2) is 5.66. The van der Waals surface area contributed by atoms with Crippen LogP contribution in [-0.4, -0.2) is 11.9 Å². The minimum atomic E-state index is -0.534. The first kappa shape index (κ1) is 15.6. The molecule has 0 heterocycles. The summed E-state index contributed by atoms with van der Waals surface area (Å²) in [4.78, 5) is 11.7. The molecule has 1 aliphatic rings. The van der Waals surface area contributed by atoms with Crippen molar-refractivity contribution in [3.8, 4) is 0 Å². The first-order chi connectivity index (χ1) is 7.96. The van der Waals surface area contributed by atoms with Gasteiger partial charge >= 0.3 is 0 Å². The Hall–Kier alpha value is -0.480. The van der Waals surface area contributed by atoms with Gasteiger partial charge in [0.05, 0.1) is 11.6 Å². The van der Waals surface area contributed by atoms with Crippen LogP contribution in [0.25, 0.3) is 0 Å². The summed E-state index contributed by atoms with van der Waals surface area (Å²) in [6, 6.07) is 4.81. The Morgan fingerprint density at radius 3 is 2.28 bits per heavy atom. The van der Waals surface area contributed by atoms with Crippen molar-refractivity contribution >= 4 is 41.5 Å². The predicted molar refractivity (Wildman–Crippen MR) is 76.4 cm³/mol. The fourth-order valence-electron chi connectivity index (χ4n) is 1.87. The third kappa shape index (κ3) is 2.91. The van der Waals surface area contributed by atoms with E-state index in [0.717, 1.165) is 18.4 Å². The molecule has 6 heteroatoms. The molecule has 1 aromatic rings. The number of nitrogens with two attached hydrogens (primary N) is 1. The normalized spacial score (nSPS) is 17.6. The average Bonchev–Trinajstić information content (AvgIpc) is 2.98. The van der Waals surface area contributed by atoms with E-state index in [4.69, 9.17) is 28.9 Å². The highest BCUT2D eigenvalue weighted by molar-refractivity contribution is 6.36. The molecule has 1 aromatic carbocycles. The number of carbonyl (C=O) groups is 1. The summed E-state index contributed by atoms with van der Waals surface area (Å²) < 4.78 is 0. The molecular formula is C12H15Cl3N2O. The summed E-state index contributed by atoms with van der Waals surface area (Å²) >= 11 is 12.3. The van der Waals surface area contributed by atoms with Gasteiger partial charge in [-0.3, -0.25) is 4.79 Å². The largest absolute Gasteiger partial charge is 0.345 e. The Balaban J connectivity index is 0.00000162. The van der Waals surface area contributed by atoms with Crippen LogP contribution < -0.4 is 11.1 Å². The van der Waals surface area contributed by atoms with Gasteiger partial charge in [0, 0.05) is 15.6 Å². The first-order valence-electron chi connectivity index (χ1n) is 5.48. The van der Waals surface area contributed by atoms with E-state index in [1.54, 1.807) is 25.1 Å². The van der Waals surface area contributed by atoms with E-state index in [1.165, 1.54) is 0 Å². The molecular weight excluding hydrogens is 295 g/mol. The smallest absolute Gasteiger partial charge is 0.237 e. The van der Waals surface area contributed by atoms with Crippen molar-refractivity contribution in [1.29, 1.82) is 0 Å². The molecule has 1 fully saturated rings. The standard InChI is InChI=1S/C12H14Cl2N2O.ClH/c1-7(15)11(17)16-12(5-6-12)10-8(13)3-2-4-9(10)14;/h2-4,7H,5-6,15H2,1H3,(H,16,17);1H/t7-;/m1./s1. The third-order valence-electron chi connectivity index (χ3n) is 2.97. The zero-order chi connectivity index (χ0) is 12.6. The Morgan fingerprint density at radius 1 is 1.39 bits per heavy atom. The Kier molecular flexibility index (Phi) is 4.90. The van der Waals surface area contributed by atoms with E-state index in [9.17, 15) is 4.79 Å². The number of carbonyl (C=O) groups excluding carboxylic acids is 1. The van der Waals surface area contributed by atoms with Crippen LogP contribution in [0.3, 0.4) is 0 Å². The maximum atomic E-state index is 11.7. The highest BCUT2D eigenvalue weighted by Crippen LogP contribution is 2.50. The van der Waals surface area contributed by atoms with E-state index < -0.39 is 11.6 Å². The molecule has 1 saturated carbocycles. The first-order valence-corrected chi connectivity index (χ1v) is 6.24. The number of rotatable bonds is 3. The van der Waals surface area contributed by atoms with Crippen molar-refractivity contribution in [3.63, 3.8) is 0 Å². The lowest BCUT2D eigenvalue weighted by Crippen LogP contribution is -2.44. The number of amides is 1. The number of benzene rings is 1.